The number of likely N-dealkylation sites (tertiary alicyclic amines) is 2. The van der Waals surface area contributed by atoms with Crippen LogP contribution in [-0.2, 0) is 13.0 Å². The van der Waals surface area contributed by atoms with E-state index in [4.69, 9.17) is 28.4 Å². The van der Waals surface area contributed by atoms with Crippen molar-refractivity contribution in [1.29, 1.82) is 0 Å². The zero-order chi connectivity index (χ0) is 36.6. The van der Waals surface area contributed by atoms with Crippen LogP contribution in [0, 0.1) is 0 Å². The Morgan fingerprint density at radius 1 is 0.547 bits per heavy atom. The number of benzene rings is 4. The summed E-state index contributed by atoms with van der Waals surface area (Å²) in [7, 11) is 6.67. The van der Waals surface area contributed by atoms with Crippen LogP contribution in [0.1, 0.15) is 42.4 Å². The minimum absolute atomic E-state index is 0.560. The highest BCUT2D eigenvalue weighted by atomic mass is 16.5. The first kappa shape index (κ1) is 36.5. The summed E-state index contributed by atoms with van der Waals surface area (Å²) in [6.45, 7) is 8.68. The molecule has 0 aliphatic carbocycles. The Hall–Kier alpha value is -4.86. The Kier molecular flexibility index (Phi) is 11.9. The molecule has 2 saturated heterocycles. The molecular weight excluding hydrogens is 666 g/mol. The summed E-state index contributed by atoms with van der Waals surface area (Å²) < 4.78 is 37.9. The molecule has 1 aromatic heterocycles. The van der Waals surface area contributed by atoms with E-state index >= 15 is 0 Å². The van der Waals surface area contributed by atoms with Crippen molar-refractivity contribution in [3.05, 3.63) is 95.6 Å². The van der Waals surface area contributed by atoms with E-state index in [-0.39, 0.29) is 0 Å². The van der Waals surface area contributed by atoms with Gasteiger partial charge in [0.25, 0.3) is 0 Å². The first-order valence-corrected chi connectivity index (χ1v) is 18.9. The molecule has 53 heavy (non-hydrogen) atoms. The fourth-order valence-corrected chi connectivity index (χ4v) is 7.80. The van der Waals surface area contributed by atoms with Crippen LogP contribution in [0.5, 0.6) is 34.5 Å². The molecule has 0 N–H and O–H groups in total. The molecule has 2 fully saturated rings. The van der Waals surface area contributed by atoms with Crippen molar-refractivity contribution in [1.82, 2.24) is 14.4 Å². The van der Waals surface area contributed by atoms with Gasteiger partial charge in [0.1, 0.15) is 30.5 Å². The van der Waals surface area contributed by atoms with Crippen LogP contribution in [0.4, 0.5) is 0 Å². The lowest BCUT2D eigenvalue weighted by Gasteiger charge is -2.18. The minimum Gasteiger partial charge on any atom is -0.497 e. The van der Waals surface area contributed by atoms with Crippen LogP contribution in [0.2, 0.25) is 0 Å². The highest BCUT2D eigenvalue weighted by Gasteiger charge is 2.24. The molecule has 0 spiro atoms. The molecule has 280 valence electrons. The van der Waals surface area contributed by atoms with Crippen molar-refractivity contribution in [2.24, 2.45) is 0 Å². The topological polar surface area (TPSA) is 66.8 Å². The third kappa shape index (κ3) is 8.53. The van der Waals surface area contributed by atoms with Crippen LogP contribution < -0.4 is 28.4 Å². The highest BCUT2D eigenvalue weighted by Crippen LogP contribution is 2.45. The maximum absolute atomic E-state index is 6.15. The van der Waals surface area contributed by atoms with Crippen molar-refractivity contribution in [3.63, 3.8) is 0 Å². The molecule has 0 atom stereocenters. The van der Waals surface area contributed by atoms with E-state index in [1.165, 1.54) is 68.6 Å². The average Bonchev–Trinajstić information content (AvgIpc) is 3.98. The van der Waals surface area contributed by atoms with Crippen LogP contribution in [0.3, 0.4) is 0 Å². The minimum atomic E-state index is 0.560. The predicted octanol–water partition coefficient (Wildman–Crippen LogP) is 7.93. The van der Waals surface area contributed by atoms with Crippen LogP contribution >= 0.6 is 0 Å². The monoisotopic (exact) mass is 719 g/mol. The molecule has 0 radical (unpaired) electrons. The third-order valence-electron chi connectivity index (χ3n) is 10.6. The van der Waals surface area contributed by atoms with Crippen LogP contribution in [0.25, 0.3) is 22.2 Å². The second kappa shape index (κ2) is 17.3. The number of aromatic nitrogens is 1. The Bertz CT molecular complexity index is 1920. The molecule has 2 aliphatic rings. The van der Waals surface area contributed by atoms with Crippen molar-refractivity contribution in [2.75, 3.05) is 80.9 Å². The molecule has 7 rings (SSSR count). The lowest BCUT2D eigenvalue weighted by atomic mass is 9.97. The SMILES string of the molecule is COc1ccc2c(c1)c(Cc1ccc(OCCN3CCCC3)cc1)c(-c1cc(OC)c(OC)c(OC)c1)n2Cc1ccc(OCCN2CCCC2)cc1. The van der Waals surface area contributed by atoms with Crippen LogP contribution in [-0.4, -0.2) is 95.3 Å². The van der Waals surface area contributed by atoms with Crippen molar-refractivity contribution in [2.45, 2.75) is 38.6 Å². The smallest absolute Gasteiger partial charge is 0.203 e. The summed E-state index contributed by atoms with van der Waals surface area (Å²) in [4.78, 5) is 4.95. The van der Waals surface area contributed by atoms with Gasteiger partial charge in [0.2, 0.25) is 5.75 Å². The van der Waals surface area contributed by atoms with E-state index in [0.29, 0.717) is 43.4 Å². The van der Waals surface area contributed by atoms with Gasteiger partial charge in [-0.05, 0) is 123 Å². The fourth-order valence-electron chi connectivity index (χ4n) is 7.80. The van der Waals surface area contributed by atoms with Gasteiger partial charge in [-0.25, -0.2) is 0 Å². The molecular formula is C44H53N3O6. The molecule has 9 nitrogen and oxygen atoms in total. The standard InChI is InChI=1S/C44H53N3O6/c1-48-37-17-18-40-38(30-37)39(27-32-9-13-35(14-10-32)52-25-23-45-19-5-6-20-45)43(34-28-41(49-2)44(51-4)42(29-34)50-3)47(40)31-33-11-15-36(16-12-33)53-26-24-46-21-7-8-22-46/h9-18,28-30H,5-8,19-27,31H2,1-4H3. The molecule has 0 unspecified atom stereocenters. The van der Waals surface area contributed by atoms with Gasteiger partial charge in [-0.2, -0.15) is 0 Å². The molecule has 5 aromatic rings. The van der Waals surface area contributed by atoms with Gasteiger partial charge in [-0.3, -0.25) is 9.80 Å². The van der Waals surface area contributed by atoms with Crippen LogP contribution in [0.15, 0.2) is 78.9 Å². The Morgan fingerprint density at radius 2 is 1.08 bits per heavy atom. The molecule has 0 bridgehead atoms. The molecule has 4 aromatic carbocycles. The average molecular weight is 720 g/mol. The zero-order valence-corrected chi connectivity index (χ0v) is 31.7. The van der Waals surface area contributed by atoms with Gasteiger partial charge in [0.15, 0.2) is 11.5 Å². The van der Waals surface area contributed by atoms with Crippen molar-refractivity contribution >= 4 is 10.9 Å². The molecule has 0 amide bonds. The Morgan fingerprint density at radius 3 is 1.58 bits per heavy atom. The summed E-state index contributed by atoms with van der Waals surface area (Å²) in [5.41, 5.74) is 6.68. The quantitative estimate of drug-likeness (QED) is 0.0961. The second-order valence-electron chi connectivity index (χ2n) is 14.0. The van der Waals surface area contributed by atoms with Gasteiger partial charge in [-0.1, -0.05) is 24.3 Å². The van der Waals surface area contributed by atoms with Gasteiger partial charge < -0.3 is 33.0 Å². The number of methoxy groups -OCH3 is 4. The second-order valence-corrected chi connectivity index (χ2v) is 14.0. The summed E-state index contributed by atoms with van der Waals surface area (Å²) in [5.74, 6) is 4.37. The van der Waals surface area contributed by atoms with Gasteiger partial charge in [0.05, 0.1) is 34.1 Å². The van der Waals surface area contributed by atoms with E-state index in [9.17, 15) is 0 Å². The first-order valence-electron chi connectivity index (χ1n) is 18.9. The maximum atomic E-state index is 6.15. The van der Waals surface area contributed by atoms with Gasteiger partial charge in [0, 0.05) is 42.5 Å². The van der Waals surface area contributed by atoms with Crippen molar-refractivity contribution in [3.8, 4) is 45.8 Å². The largest absolute Gasteiger partial charge is 0.497 e. The van der Waals surface area contributed by atoms with Gasteiger partial charge >= 0.3 is 0 Å². The van der Waals surface area contributed by atoms with E-state index in [0.717, 1.165) is 52.5 Å². The summed E-state index contributed by atoms with van der Waals surface area (Å²) in [5, 5.41) is 1.13. The Labute approximate surface area is 313 Å². The number of hydrogen-bond acceptors (Lipinski definition) is 8. The summed E-state index contributed by atoms with van der Waals surface area (Å²) in [6, 6.07) is 27.5. The summed E-state index contributed by atoms with van der Waals surface area (Å²) in [6.07, 6.45) is 5.84. The number of ether oxygens (including phenoxy) is 6. The van der Waals surface area contributed by atoms with Crippen molar-refractivity contribution < 1.29 is 28.4 Å². The normalized spacial score (nSPS) is 14.9. The lowest BCUT2D eigenvalue weighted by Crippen LogP contribution is -2.25. The first-order chi connectivity index (χ1) is 26.1. The van der Waals surface area contributed by atoms with E-state index < -0.39 is 0 Å². The fraction of sp³-hybridized carbons (Fsp3) is 0.409. The van der Waals surface area contributed by atoms with Gasteiger partial charge in [-0.15, -0.1) is 0 Å². The molecule has 9 heteroatoms. The Balaban J connectivity index is 1.24. The molecule has 2 aliphatic heterocycles. The zero-order valence-electron chi connectivity index (χ0n) is 31.7. The predicted molar refractivity (Wildman–Crippen MR) is 211 cm³/mol. The summed E-state index contributed by atoms with van der Waals surface area (Å²) >= 11 is 0. The molecule has 3 heterocycles. The van der Waals surface area contributed by atoms with E-state index in [1.807, 2.05) is 18.2 Å². The van der Waals surface area contributed by atoms with E-state index in [1.54, 1.807) is 28.4 Å². The number of nitrogens with zero attached hydrogens (tertiary/aromatic N) is 3. The number of hydrogen-bond donors (Lipinski definition) is 0. The molecule has 0 saturated carbocycles. The van der Waals surface area contributed by atoms with E-state index in [2.05, 4.69) is 75.0 Å². The third-order valence-corrected chi connectivity index (χ3v) is 10.6. The number of rotatable bonds is 17. The lowest BCUT2D eigenvalue weighted by molar-refractivity contribution is 0.237. The highest BCUT2D eigenvalue weighted by molar-refractivity contribution is 5.94. The number of fused-ring (bicyclic) bond motifs is 1. The maximum Gasteiger partial charge on any atom is 0.203 e.